The first-order valence-corrected chi connectivity index (χ1v) is 9.94. The van der Waals surface area contributed by atoms with Crippen molar-refractivity contribution >= 4 is 22.8 Å². The molecule has 32 heavy (non-hydrogen) atoms. The van der Waals surface area contributed by atoms with Crippen LogP contribution >= 0.6 is 0 Å². The second-order valence-corrected chi connectivity index (χ2v) is 7.45. The second-order valence-electron chi connectivity index (χ2n) is 7.45. The normalized spacial score (nSPS) is 10.8. The monoisotopic (exact) mass is 429 g/mol. The lowest BCUT2D eigenvalue weighted by atomic mass is 10.00. The first-order valence-electron chi connectivity index (χ1n) is 9.94. The van der Waals surface area contributed by atoms with Gasteiger partial charge in [0.2, 0.25) is 0 Å². The van der Waals surface area contributed by atoms with E-state index in [1.54, 1.807) is 18.2 Å². The van der Waals surface area contributed by atoms with Crippen molar-refractivity contribution in [2.75, 3.05) is 7.11 Å². The van der Waals surface area contributed by atoms with E-state index in [2.05, 4.69) is 4.74 Å². The van der Waals surface area contributed by atoms with Gasteiger partial charge in [-0.15, -0.1) is 0 Å². The molecule has 0 unspecified atom stereocenters. The number of halogens is 1. The number of ether oxygens (including phenoxy) is 2. The van der Waals surface area contributed by atoms with Crippen LogP contribution in [0.3, 0.4) is 0 Å². The SMILES string of the molecule is COC(=O)c1ccc(OC(=O)c2cc(-c3ccc(F)cc3)nc3c(C)cc(C)cc23)cc1. The number of aromatic nitrogens is 1. The van der Waals surface area contributed by atoms with E-state index < -0.39 is 11.9 Å². The largest absolute Gasteiger partial charge is 0.465 e. The summed E-state index contributed by atoms with van der Waals surface area (Å²) in [6, 6.07) is 17.6. The fraction of sp³-hybridized carbons (Fsp3) is 0.115. The van der Waals surface area contributed by atoms with Crippen molar-refractivity contribution < 1.29 is 23.5 Å². The second kappa shape index (κ2) is 8.59. The third-order valence-corrected chi connectivity index (χ3v) is 5.09. The molecule has 0 fully saturated rings. The Hall–Kier alpha value is -4.06. The van der Waals surface area contributed by atoms with E-state index in [0.29, 0.717) is 39.0 Å². The number of hydrogen-bond donors (Lipinski definition) is 0. The Morgan fingerprint density at radius 1 is 0.875 bits per heavy atom. The van der Waals surface area contributed by atoms with Gasteiger partial charge in [0.25, 0.3) is 0 Å². The summed E-state index contributed by atoms with van der Waals surface area (Å²) < 4.78 is 23.7. The van der Waals surface area contributed by atoms with Crippen molar-refractivity contribution in [2.45, 2.75) is 13.8 Å². The number of carbonyl (C=O) groups is 2. The van der Waals surface area contributed by atoms with Crippen LogP contribution in [0.25, 0.3) is 22.2 Å². The molecule has 0 N–H and O–H groups in total. The lowest BCUT2D eigenvalue weighted by molar-refractivity contribution is 0.0600. The van der Waals surface area contributed by atoms with Crippen LogP contribution in [0.1, 0.15) is 31.8 Å². The third kappa shape index (κ3) is 4.21. The molecule has 0 bridgehead atoms. The molecule has 0 aliphatic rings. The number of esters is 2. The van der Waals surface area contributed by atoms with Gasteiger partial charge in [0, 0.05) is 10.9 Å². The fourth-order valence-corrected chi connectivity index (χ4v) is 3.56. The molecule has 160 valence electrons. The van der Waals surface area contributed by atoms with Crippen molar-refractivity contribution in [1.29, 1.82) is 0 Å². The maximum absolute atomic E-state index is 13.4. The Balaban J connectivity index is 1.78. The van der Waals surface area contributed by atoms with Crippen molar-refractivity contribution in [2.24, 2.45) is 0 Å². The smallest absolute Gasteiger partial charge is 0.344 e. The van der Waals surface area contributed by atoms with Gasteiger partial charge in [0.15, 0.2) is 0 Å². The van der Waals surface area contributed by atoms with Crippen LogP contribution in [0.5, 0.6) is 5.75 Å². The molecule has 6 heteroatoms. The van der Waals surface area contributed by atoms with Gasteiger partial charge in [-0.2, -0.15) is 0 Å². The van der Waals surface area contributed by atoms with Crippen LogP contribution in [-0.4, -0.2) is 24.0 Å². The van der Waals surface area contributed by atoms with Crippen molar-refractivity contribution in [3.63, 3.8) is 0 Å². The van der Waals surface area contributed by atoms with Gasteiger partial charge in [0.1, 0.15) is 11.6 Å². The standard InChI is InChI=1S/C26H20FNO4/c1-15-12-16(2)24-21(13-15)22(14-23(28-24)17-4-8-19(27)9-5-17)26(30)32-20-10-6-18(7-11-20)25(29)31-3/h4-14H,1-3H3. The molecule has 1 aromatic heterocycles. The minimum absolute atomic E-state index is 0.292. The van der Waals surface area contributed by atoms with Crippen LogP contribution in [0.2, 0.25) is 0 Å². The predicted molar refractivity (Wildman–Crippen MR) is 119 cm³/mol. The van der Waals surface area contributed by atoms with E-state index in [1.165, 1.54) is 43.5 Å². The minimum Gasteiger partial charge on any atom is -0.465 e. The molecule has 4 rings (SSSR count). The zero-order valence-corrected chi connectivity index (χ0v) is 17.8. The fourth-order valence-electron chi connectivity index (χ4n) is 3.56. The van der Waals surface area contributed by atoms with Gasteiger partial charge < -0.3 is 9.47 Å². The highest BCUT2D eigenvalue weighted by Crippen LogP contribution is 2.29. The van der Waals surface area contributed by atoms with Gasteiger partial charge in [-0.05, 0) is 80.1 Å². The number of pyridine rings is 1. The Bertz CT molecular complexity index is 1330. The average Bonchev–Trinajstić information content (AvgIpc) is 2.79. The number of hydrogen-bond acceptors (Lipinski definition) is 5. The summed E-state index contributed by atoms with van der Waals surface area (Å²) in [6.07, 6.45) is 0. The first kappa shape index (κ1) is 21.2. The van der Waals surface area contributed by atoms with Crippen LogP contribution < -0.4 is 4.74 Å². The van der Waals surface area contributed by atoms with E-state index in [-0.39, 0.29) is 5.82 Å². The summed E-state index contributed by atoms with van der Waals surface area (Å²) in [5, 5.41) is 0.671. The molecule has 4 aromatic rings. The highest BCUT2D eigenvalue weighted by molar-refractivity contribution is 6.06. The quantitative estimate of drug-likeness (QED) is 0.309. The molecule has 0 radical (unpaired) electrons. The Morgan fingerprint density at radius 2 is 1.56 bits per heavy atom. The number of fused-ring (bicyclic) bond motifs is 1. The van der Waals surface area contributed by atoms with E-state index in [9.17, 15) is 14.0 Å². The molecule has 0 amide bonds. The zero-order valence-electron chi connectivity index (χ0n) is 17.8. The number of rotatable bonds is 4. The Labute approximate surface area is 184 Å². The molecule has 1 heterocycles. The highest BCUT2D eigenvalue weighted by atomic mass is 19.1. The zero-order chi connectivity index (χ0) is 22.8. The maximum atomic E-state index is 13.4. The van der Waals surface area contributed by atoms with Gasteiger partial charge >= 0.3 is 11.9 Å². The number of benzene rings is 3. The molecule has 5 nitrogen and oxygen atoms in total. The number of nitrogens with zero attached hydrogens (tertiary/aromatic N) is 1. The predicted octanol–water partition coefficient (Wildman–Crippen LogP) is 5.66. The van der Waals surface area contributed by atoms with E-state index >= 15 is 0 Å². The van der Waals surface area contributed by atoms with Crippen LogP contribution in [-0.2, 0) is 4.74 Å². The molecule has 0 aliphatic heterocycles. The topological polar surface area (TPSA) is 65.5 Å². The third-order valence-electron chi connectivity index (χ3n) is 5.09. The average molecular weight is 429 g/mol. The van der Waals surface area contributed by atoms with Crippen LogP contribution in [0.4, 0.5) is 4.39 Å². The molecule has 0 saturated carbocycles. The number of carbonyl (C=O) groups excluding carboxylic acids is 2. The summed E-state index contributed by atoms with van der Waals surface area (Å²) in [7, 11) is 1.30. The summed E-state index contributed by atoms with van der Waals surface area (Å²) in [6.45, 7) is 3.87. The van der Waals surface area contributed by atoms with Crippen molar-refractivity contribution in [3.8, 4) is 17.0 Å². The van der Waals surface area contributed by atoms with Crippen molar-refractivity contribution in [3.05, 3.63) is 94.8 Å². The van der Waals surface area contributed by atoms with E-state index in [0.717, 1.165) is 11.1 Å². The molecule has 0 saturated heterocycles. The van der Waals surface area contributed by atoms with E-state index in [4.69, 9.17) is 9.72 Å². The van der Waals surface area contributed by atoms with E-state index in [1.807, 2.05) is 26.0 Å². The number of aryl methyl sites for hydroxylation is 2. The maximum Gasteiger partial charge on any atom is 0.344 e. The van der Waals surface area contributed by atoms with Crippen LogP contribution in [0, 0.1) is 19.7 Å². The molecular formula is C26H20FNO4. The summed E-state index contributed by atoms with van der Waals surface area (Å²) in [5.41, 5.74) is 4.50. The van der Waals surface area contributed by atoms with Gasteiger partial charge in [-0.3, -0.25) is 0 Å². The highest BCUT2D eigenvalue weighted by Gasteiger charge is 2.18. The molecular weight excluding hydrogens is 409 g/mol. The molecule has 3 aromatic carbocycles. The molecule has 0 atom stereocenters. The van der Waals surface area contributed by atoms with Gasteiger partial charge in [0.05, 0.1) is 29.4 Å². The summed E-state index contributed by atoms with van der Waals surface area (Å²) in [5.74, 6) is -1.09. The molecule has 0 spiro atoms. The van der Waals surface area contributed by atoms with Gasteiger partial charge in [-0.25, -0.2) is 19.0 Å². The number of methoxy groups -OCH3 is 1. The van der Waals surface area contributed by atoms with Gasteiger partial charge in [-0.1, -0.05) is 11.6 Å². The molecule has 0 aliphatic carbocycles. The summed E-state index contributed by atoms with van der Waals surface area (Å²) in [4.78, 5) is 29.5. The lowest BCUT2D eigenvalue weighted by Gasteiger charge is -2.12. The minimum atomic E-state index is -0.559. The Morgan fingerprint density at radius 3 is 2.22 bits per heavy atom. The Kier molecular flexibility index (Phi) is 5.69. The van der Waals surface area contributed by atoms with Crippen LogP contribution in [0.15, 0.2) is 66.7 Å². The lowest BCUT2D eigenvalue weighted by Crippen LogP contribution is -2.11. The first-order chi connectivity index (χ1) is 15.4. The van der Waals surface area contributed by atoms with Crippen molar-refractivity contribution in [1.82, 2.24) is 4.98 Å². The summed E-state index contributed by atoms with van der Waals surface area (Å²) >= 11 is 0.